The highest BCUT2D eigenvalue weighted by atomic mass is 35.5. The minimum Gasteiger partial charge on any atom is -0.444 e. The van der Waals surface area contributed by atoms with Gasteiger partial charge in [-0.3, -0.25) is 9.59 Å². The number of halogens is 5. The first-order chi connectivity index (χ1) is 17.6. The van der Waals surface area contributed by atoms with Gasteiger partial charge in [-0.2, -0.15) is 13.2 Å². The summed E-state index contributed by atoms with van der Waals surface area (Å²) >= 11 is 7.04. The molecule has 3 rings (SSSR count). The van der Waals surface area contributed by atoms with E-state index >= 15 is 0 Å². The lowest BCUT2D eigenvalue weighted by Crippen LogP contribution is -2.50. The van der Waals surface area contributed by atoms with Gasteiger partial charge in [0.2, 0.25) is 0 Å². The van der Waals surface area contributed by atoms with Gasteiger partial charge < -0.3 is 20.3 Å². The van der Waals surface area contributed by atoms with E-state index in [1.807, 2.05) is 0 Å². The van der Waals surface area contributed by atoms with Crippen LogP contribution in [0.4, 0.5) is 28.0 Å². The molecule has 0 saturated carbocycles. The highest BCUT2D eigenvalue weighted by Crippen LogP contribution is 2.37. The van der Waals surface area contributed by atoms with Gasteiger partial charge >= 0.3 is 12.3 Å². The standard InChI is InChI=1S/C25H26ClF4N3O4S/c1-24(2,3)37-23(36)32-18-13-38-20-11-17(27)16(21(34)31-9-8-25(28,29)30)10-19(20)33(22(18)35)12-14-4-6-15(26)7-5-14/h4-7,10-11,18H,8-9,12-13H2,1-3H3,(H,31,34)(H,32,36)/t18-/m0/s1. The third kappa shape index (κ3) is 8.26. The predicted octanol–water partition coefficient (Wildman–Crippen LogP) is 5.69. The number of hydrogen-bond donors (Lipinski definition) is 2. The van der Waals surface area contributed by atoms with E-state index in [1.165, 1.54) is 4.90 Å². The lowest BCUT2D eigenvalue weighted by atomic mass is 10.1. The summed E-state index contributed by atoms with van der Waals surface area (Å²) in [5.74, 6) is -2.52. The number of rotatable bonds is 6. The Morgan fingerprint density at radius 1 is 1.16 bits per heavy atom. The first kappa shape index (κ1) is 29.6. The van der Waals surface area contributed by atoms with Crippen molar-refractivity contribution in [3.8, 4) is 0 Å². The van der Waals surface area contributed by atoms with E-state index in [2.05, 4.69) is 10.6 Å². The van der Waals surface area contributed by atoms with Crippen LogP contribution in [0.1, 0.15) is 43.1 Å². The van der Waals surface area contributed by atoms with Crippen LogP contribution >= 0.6 is 23.4 Å². The average Bonchev–Trinajstić information content (AvgIpc) is 2.90. The van der Waals surface area contributed by atoms with Gasteiger partial charge in [0, 0.05) is 22.2 Å². The van der Waals surface area contributed by atoms with Gasteiger partial charge in [-0.05, 0) is 50.6 Å². The second kappa shape index (κ2) is 11.8. The van der Waals surface area contributed by atoms with Crippen LogP contribution in [0.3, 0.4) is 0 Å². The van der Waals surface area contributed by atoms with Crippen LogP contribution in [0.25, 0.3) is 0 Å². The smallest absolute Gasteiger partial charge is 0.408 e. The highest BCUT2D eigenvalue weighted by Gasteiger charge is 2.35. The Morgan fingerprint density at radius 3 is 2.42 bits per heavy atom. The molecule has 2 aromatic rings. The molecule has 13 heteroatoms. The molecule has 3 amide bonds. The molecule has 1 aliphatic heterocycles. The van der Waals surface area contributed by atoms with Crippen LogP contribution in [0, 0.1) is 5.82 Å². The third-order valence-corrected chi connectivity index (χ3v) is 6.58. The van der Waals surface area contributed by atoms with Crippen molar-refractivity contribution in [1.82, 2.24) is 10.6 Å². The molecule has 0 aliphatic carbocycles. The molecule has 0 aromatic heterocycles. The van der Waals surface area contributed by atoms with Crippen molar-refractivity contribution < 1.29 is 36.7 Å². The number of fused-ring (bicyclic) bond motifs is 1. The number of carbonyl (C=O) groups is 3. The summed E-state index contributed by atoms with van der Waals surface area (Å²) in [5, 5.41) is 5.07. The fourth-order valence-corrected chi connectivity index (χ4v) is 4.70. The number of anilines is 1. The number of benzene rings is 2. The number of nitrogens with one attached hydrogen (secondary N) is 2. The number of carbonyl (C=O) groups excluding carboxylic acids is 3. The number of thioether (sulfide) groups is 1. The summed E-state index contributed by atoms with van der Waals surface area (Å²) in [4.78, 5) is 40.2. The summed E-state index contributed by atoms with van der Waals surface area (Å²) < 4.78 is 57.6. The molecule has 0 bridgehead atoms. The van der Waals surface area contributed by atoms with Crippen LogP contribution in [-0.2, 0) is 16.1 Å². The zero-order valence-corrected chi connectivity index (χ0v) is 22.3. The molecule has 2 aromatic carbocycles. The largest absolute Gasteiger partial charge is 0.444 e. The minimum atomic E-state index is -4.49. The second-order valence-electron chi connectivity index (χ2n) is 9.48. The van der Waals surface area contributed by atoms with Gasteiger partial charge in [-0.15, -0.1) is 11.8 Å². The Bertz CT molecular complexity index is 1200. The van der Waals surface area contributed by atoms with E-state index in [9.17, 15) is 31.9 Å². The normalized spacial score (nSPS) is 15.9. The summed E-state index contributed by atoms with van der Waals surface area (Å²) in [7, 11) is 0. The number of amides is 3. The Hall–Kier alpha value is -2.99. The van der Waals surface area contributed by atoms with Gasteiger partial charge in [-0.25, -0.2) is 9.18 Å². The maximum atomic E-state index is 14.9. The van der Waals surface area contributed by atoms with Crippen molar-refractivity contribution >= 4 is 47.0 Å². The topological polar surface area (TPSA) is 87.7 Å². The molecule has 1 heterocycles. The lowest BCUT2D eigenvalue weighted by molar-refractivity contribution is -0.133. The fourth-order valence-electron chi connectivity index (χ4n) is 3.50. The van der Waals surface area contributed by atoms with Crippen LogP contribution < -0.4 is 15.5 Å². The van der Waals surface area contributed by atoms with Gasteiger partial charge in [-0.1, -0.05) is 23.7 Å². The van der Waals surface area contributed by atoms with Crippen LogP contribution in [0.5, 0.6) is 0 Å². The number of alkyl carbamates (subject to hydrolysis) is 1. The molecule has 206 valence electrons. The van der Waals surface area contributed by atoms with E-state index in [1.54, 1.807) is 45.0 Å². The van der Waals surface area contributed by atoms with Crippen molar-refractivity contribution in [2.45, 2.75) is 56.5 Å². The van der Waals surface area contributed by atoms with Gasteiger partial charge in [0.25, 0.3) is 11.8 Å². The SMILES string of the molecule is CC(C)(C)OC(=O)N[C@H]1CSc2cc(F)c(C(=O)NCCC(F)(F)F)cc2N(Cc2ccc(Cl)cc2)C1=O. The molecule has 1 aliphatic rings. The molecule has 2 N–H and O–H groups in total. The Morgan fingerprint density at radius 2 is 1.82 bits per heavy atom. The second-order valence-corrected chi connectivity index (χ2v) is 11.0. The first-order valence-electron chi connectivity index (χ1n) is 11.5. The quantitative estimate of drug-likeness (QED) is 0.432. The molecule has 0 fully saturated rings. The molecule has 0 spiro atoms. The van der Waals surface area contributed by atoms with Crippen molar-refractivity contribution in [3.63, 3.8) is 0 Å². The van der Waals surface area contributed by atoms with Gasteiger partial charge in [0.05, 0.1) is 24.2 Å². The van der Waals surface area contributed by atoms with Crippen LogP contribution in [0.15, 0.2) is 41.3 Å². The zero-order valence-electron chi connectivity index (χ0n) is 20.7. The number of ether oxygens (including phenoxy) is 1. The van der Waals surface area contributed by atoms with E-state index < -0.39 is 60.1 Å². The monoisotopic (exact) mass is 575 g/mol. The van der Waals surface area contributed by atoms with Crippen LogP contribution in [0.2, 0.25) is 5.02 Å². The lowest BCUT2D eigenvalue weighted by Gasteiger charge is -2.27. The van der Waals surface area contributed by atoms with E-state index in [-0.39, 0.29) is 18.0 Å². The summed E-state index contributed by atoms with van der Waals surface area (Å²) in [6, 6.07) is 7.73. The molecule has 0 saturated heterocycles. The Labute approximate surface area is 226 Å². The Kier molecular flexibility index (Phi) is 9.19. The van der Waals surface area contributed by atoms with Gasteiger partial charge in [0.1, 0.15) is 17.5 Å². The molecule has 0 radical (unpaired) electrons. The molecular weight excluding hydrogens is 550 g/mol. The van der Waals surface area contributed by atoms with Crippen molar-refractivity contribution in [2.75, 3.05) is 17.2 Å². The summed E-state index contributed by atoms with van der Waals surface area (Å²) in [6.07, 6.45) is -6.58. The fraction of sp³-hybridized carbons (Fsp3) is 0.400. The highest BCUT2D eigenvalue weighted by molar-refractivity contribution is 7.99. The number of alkyl halides is 3. The zero-order chi connectivity index (χ0) is 28.3. The number of hydrogen-bond acceptors (Lipinski definition) is 5. The van der Waals surface area contributed by atoms with E-state index in [0.717, 1.165) is 23.9 Å². The molecule has 1 atom stereocenters. The third-order valence-electron chi connectivity index (χ3n) is 5.19. The van der Waals surface area contributed by atoms with Gasteiger partial charge in [0.15, 0.2) is 0 Å². The summed E-state index contributed by atoms with van der Waals surface area (Å²) in [5.41, 5.74) is -0.504. The van der Waals surface area contributed by atoms with Crippen LogP contribution in [-0.4, -0.2) is 48.0 Å². The molecule has 38 heavy (non-hydrogen) atoms. The number of nitrogens with zero attached hydrogens (tertiary/aromatic N) is 1. The Balaban J connectivity index is 1.95. The average molecular weight is 576 g/mol. The van der Waals surface area contributed by atoms with Crippen molar-refractivity contribution in [3.05, 3.63) is 58.4 Å². The minimum absolute atomic E-state index is 0.0170. The molecular formula is C25H26ClF4N3O4S. The van der Waals surface area contributed by atoms with E-state index in [0.29, 0.717) is 15.5 Å². The molecule has 0 unspecified atom stereocenters. The maximum Gasteiger partial charge on any atom is 0.408 e. The predicted molar refractivity (Wildman–Crippen MR) is 136 cm³/mol. The maximum absolute atomic E-state index is 14.9. The van der Waals surface area contributed by atoms with Crippen molar-refractivity contribution in [2.24, 2.45) is 0 Å². The first-order valence-corrected chi connectivity index (χ1v) is 12.9. The van der Waals surface area contributed by atoms with Crippen molar-refractivity contribution in [1.29, 1.82) is 0 Å². The molecule has 7 nitrogen and oxygen atoms in total. The van der Waals surface area contributed by atoms with E-state index in [4.69, 9.17) is 16.3 Å². The summed E-state index contributed by atoms with van der Waals surface area (Å²) in [6.45, 7) is 4.26.